The molecular formula is C12H14BrNO3S. The van der Waals surface area contributed by atoms with Gasteiger partial charge in [0.05, 0.1) is 15.1 Å². The van der Waals surface area contributed by atoms with Crippen molar-refractivity contribution in [1.82, 2.24) is 0 Å². The highest BCUT2D eigenvalue weighted by Crippen LogP contribution is 2.42. The summed E-state index contributed by atoms with van der Waals surface area (Å²) in [5, 5.41) is 0. The number of halogens is 1. The van der Waals surface area contributed by atoms with Crippen LogP contribution < -0.4 is 4.74 Å². The molecule has 0 atom stereocenters. The van der Waals surface area contributed by atoms with Crippen LogP contribution in [-0.4, -0.2) is 26.0 Å². The first-order chi connectivity index (χ1) is 8.25. The average Bonchev–Trinajstić information content (AvgIpc) is 2.29. The summed E-state index contributed by atoms with van der Waals surface area (Å²) >= 11 is 3.34. The molecular weight excluding hydrogens is 318 g/mol. The van der Waals surface area contributed by atoms with Gasteiger partial charge < -0.3 is 4.74 Å². The van der Waals surface area contributed by atoms with Crippen LogP contribution in [0.1, 0.15) is 20.8 Å². The number of aliphatic imine (C=N–C) groups is 1. The lowest BCUT2D eigenvalue weighted by Crippen LogP contribution is -2.32. The maximum atomic E-state index is 11.9. The van der Waals surface area contributed by atoms with E-state index in [2.05, 4.69) is 20.9 Å². The van der Waals surface area contributed by atoms with Crippen LogP contribution in [0.25, 0.3) is 0 Å². The Morgan fingerprint density at radius 1 is 1.39 bits per heavy atom. The van der Waals surface area contributed by atoms with Gasteiger partial charge in [0.25, 0.3) is 0 Å². The van der Waals surface area contributed by atoms with Gasteiger partial charge in [-0.15, -0.1) is 0 Å². The Hall–Kier alpha value is -0.880. The van der Waals surface area contributed by atoms with Crippen molar-refractivity contribution in [3.8, 4) is 5.75 Å². The number of rotatable bonds is 2. The van der Waals surface area contributed by atoms with Gasteiger partial charge >= 0.3 is 0 Å². The number of hydrogen-bond donors (Lipinski definition) is 0. The van der Waals surface area contributed by atoms with Gasteiger partial charge in [0.15, 0.2) is 15.6 Å². The Morgan fingerprint density at radius 2 is 2.06 bits per heavy atom. The van der Waals surface area contributed by atoms with Crippen LogP contribution in [0.4, 0.5) is 5.69 Å². The SMILES string of the molecule is CCS(=O)(=O)c1cc(Br)c2c(c1)N=CC(C)(C)O2. The molecule has 0 aromatic heterocycles. The van der Waals surface area contributed by atoms with Gasteiger partial charge in [-0.1, -0.05) is 6.92 Å². The Kier molecular flexibility index (Phi) is 3.27. The van der Waals surface area contributed by atoms with Gasteiger partial charge in [-0.25, -0.2) is 8.42 Å². The van der Waals surface area contributed by atoms with Crippen molar-refractivity contribution in [1.29, 1.82) is 0 Å². The first-order valence-electron chi connectivity index (χ1n) is 5.56. The fourth-order valence-corrected chi connectivity index (χ4v) is 3.22. The van der Waals surface area contributed by atoms with Crippen molar-refractivity contribution >= 4 is 37.7 Å². The summed E-state index contributed by atoms with van der Waals surface area (Å²) in [5.41, 5.74) is 0.0523. The third-order valence-corrected chi connectivity index (χ3v) is 4.92. The number of benzene rings is 1. The van der Waals surface area contributed by atoms with E-state index in [1.807, 2.05) is 13.8 Å². The van der Waals surface area contributed by atoms with E-state index in [-0.39, 0.29) is 10.6 Å². The molecule has 1 aliphatic rings. The largest absolute Gasteiger partial charge is 0.479 e. The topological polar surface area (TPSA) is 55.7 Å². The van der Waals surface area contributed by atoms with E-state index in [1.165, 1.54) is 0 Å². The molecule has 0 bridgehead atoms. The zero-order chi connectivity index (χ0) is 13.6. The summed E-state index contributed by atoms with van der Waals surface area (Å²) in [6, 6.07) is 3.11. The quantitative estimate of drug-likeness (QED) is 0.836. The van der Waals surface area contributed by atoms with Crippen LogP contribution in [0.15, 0.2) is 26.5 Å². The van der Waals surface area contributed by atoms with Crippen molar-refractivity contribution in [3.05, 3.63) is 16.6 Å². The summed E-state index contributed by atoms with van der Waals surface area (Å²) in [4.78, 5) is 4.53. The maximum Gasteiger partial charge on any atom is 0.178 e. The molecule has 1 aromatic rings. The predicted molar refractivity (Wildman–Crippen MR) is 74.7 cm³/mol. The molecule has 2 rings (SSSR count). The van der Waals surface area contributed by atoms with Crippen molar-refractivity contribution in [2.24, 2.45) is 4.99 Å². The smallest absolute Gasteiger partial charge is 0.178 e. The zero-order valence-electron chi connectivity index (χ0n) is 10.4. The van der Waals surface area contributed by atoms with Crippen LogP contribution in [0.2, 0.25) is 0 Å². The number of fused-ring (bicyclic) bond motifs is 1. The zero-order valence-corrected chi connectivity index (χ0v) is 12.8. The molecule has 0 aliphatic carbocycles. The van der Waals surface area contributed by atoms with Crippen LogP contribution >= 0.6 is 15.9 Å². The number of hydrogen-bond acceptors (Lipinski definition) is 4. The summed E-state index contributed by atoms with van der Waals surface area (Å²) in [6.45, 7) is 5.40. The molecule has 0 spiro atoms. The lowest BCUT2D eigenvalue weighted by atomic mass is 10.1. The fraction of sp³-hybridized carbons (Fsp3) is 0.417. The lowest BCUT2D eigenvalue weighted by molar-refractivity contribution is 0.183. The Morgan fingerprint density at radius 3 is 2.67 bits per heavy atom. The molecule has 0 unspecified atom stereocenters. The molecule has 0 radical (unpaired) electrons. The van der Waals surface area contributed by atoms with Gasteiger partial charge in [-0.3, -0.25) is 4.99 Å². The third kappa shape index (κ3) is 2.44. The molecule has 18 heavy (non-hydrogen) atoms. The highest BCUT2D eigenvalue weighted by atomic mass is 79.9. The monoisotopic (exact) mass is 331 g/mol. The van der Waals surface area contributed by atoms with Gasteiger partial charge in [-0.2, -0.15) is 0 Å². The molecule has 1 heterocycles. The van der Waals surface area contributed by atoms with E-state index >= 15 is 0 Å². The molecule has 1 aliphatic heterocycles. The molecule has 0 saturated carbocycles. The average molecular weight is 332 g/mol. The summed E-state index contributed by atoms with van der Waals surface area (Å²) in [7, 11) is -3.24. The molecule has 6 heteroatoms. The number of ether oxygens (including phenoxy) is 1. The molecule has 0 amide bonds. The molecule has 98 valence electrons. The van der Waals surface area contributed by atoms with E-state index in [0.29, 0.717) is 15.9 Å². The molecule has 0 fully saturated rings. The first-order valence-corrected chi connectivity index (χ1v) is 8.00. The Balaban J connectivity index is 2.59. The fourth-order valence-electron chi connectivity index (χ4n) is 1.61. The second kappa shape index (κ2) is 4.35. The summed E-state index contributed by atoms with van der Waals surface area (Å²) in [5.74, 6) is 0.645. The van der Waals surface area contributed by atoms with E-state index < -0.39 is 15.4 Å². The summed E-state index contributed by atoms with van der Waals surface area (Å²) < 4.78 is 30.1. The minimum absolute atomic E-state index is 0.0638. The normalized spacial score (nSPS) is 17.1. The third-order valence-electron chi connectivity index (χ3n) is 2.62. The summed E-state index contributed by atoms with van der Waals surface area (Å²) in [6.07, 6.45) is 1.67. The van der Waals surface area contributed by atoms with E-state index in [4.69, 9.17) is 4.74 Å². The van der Waals surface area contributed by atoms with Crippen LogP contribution in [0, 0.1) is 0 Å². The number of nitrogens with zero attached hydrogens (tertiary/aromatic N) is 1. The van der Waals surface area contributed by atoms with E-state index in [0.717, 1.165) is 0 Å². The van der Waals surface area contributed by atoms with Crippen LogP contribution in [-0.2, 0) is 9.84 Å². The van der Waals surface area contributed by atoms with E-state index in [1.54, 1.807) is 25.3 Å². The molecule has 1 aromatic carbocycles. The predicted octanol–water partition coefficient (Wildman–Crippen LogP) is 3.12. The van der Waals surface area contributed by atoms with E-state index in [9.17, 15) is 8.42 Å². The Labute approximate surface area is 115 Å². The minimum Gasteiger partial charge on any atom is -0.479 e. The van der Waals surface area contributed by atoms with Crippen LogP contribution in [0.3, 0.4) is 0 Å². The maximum absolute atomic E-state index is 11.9. The highest BCUT2D eigenvalue weighted by Gasteiger charge is 2.26. The Bertz CT molecular complexity index is 620. The van der Waals surface area contributed by atoms with Crippen molar-refractivity contribution in [2.45, 2.75) is 31.3 Å². The van der Waals surface area contributed by atoms with Crippen molar-refractivity contribution in [2.75, 3.05) is 5.75 Å². The lowest BCUT2D eigenvalue weighted by Gasteiger charge is -2.27. The second-order valence-electron chi connectivity index (χ2n) is 4.62. The van der Waals surface area contributed by atoms with Crippen molar-refractivity contribution < 1.29 is 13.2 Å². The van der Waals surface area contributed by atoms with Gasteiger partial charge in [0.2, 0.25) is 0 Å². The molecule has 0 N–H and O–H groups in total. The standard InChI is InChI=1S/C12H14BrNO3S/c1-4-18(15,16)8-5-9(13)11-10(6-8)14-7-12(2,3)17-11/h5-7H,4H2,1-3H3. The highest BCUT2D eigenvalue weighted by molar-refractivity contribution is 9.10. The molecule has 0 saturated heterocycles. The van der Waals surface area contributed by atoms with Gasteiger partial charge in [0, 0.05) is 6.21 Å². The van der Waals surface area contributed by atoms with Crippen LogP contribution in [0.5, 0.6) is 5.75 Å². The minimum atomic E-state index is -3.24. The second-order valence-corrected chi connectivity index (χ2v) is 7.75. The first kappa shape index (κ1) is 13.5. The van der Waals surface area contributed by atoms with Crippen molar-refractivity contribution in [3.63, 3.8) is 0 Å². The molecule has 4 nitrogen and oxygen atoms in total. The number of sulfone groups is 1. The van der Waals surface area contributed by atoms with Gasteiger partial charge in [-0.05, 0) is 41.9 Å². The van der Waals surface area contributed by atoms with Gasteiger partial charge in [0.1, 0.15) is 11.3 Å².